The molecule has 10 heavy (non-hydrogen) atoms. The Labute approximate surface area is 73.5 Å². The van der Waals surface area contributed by atoms with Gasteiger partial charge in [0.25, 0.3) is 0 Å². The van der Waals surface area contributed by atoms with Gasteiger partial charge >= 0.3 is 0 Å². The second kappa shape index (κ2) is 7.57. The smallest absolute Gasteiger partial charge is 0.0822 e. The zero-order valence-electron chi connectivity index (χ0n) is 5.71. The number of hydrogen-bond donors (Lipinski definition) is 2. The quantitative estimate of drug-likeness (QED) is 0.599. The van der Waals surface area contributed by atoms with Crippen LogP contribution < -0.4 is 11.1 Å². The molecule has 0 amide bonds. The summed E-state index contributed by atoms with van der Waals surface area (Å²) >= 11 is 0. The topological polar surface area (TPSA) is 47.3 Å². The van der Waals surface area contributed by atoms with E-state index in [9.17, 15) is 0 Å². The molecule has 0 aromatic heterocycles. The van der Waals surface area contributed by atoms with Gasteiger partial charge in [-0.1, -0.05) is 0 Å². The molecule has 0 unspecified atom stereocenters. The van der Waals surface area contributed by atoms with Gasteiger partial charge in [-0.05, 0) is 0 Å². The van der Waals surface area contributed by atoms with Crippen LogP contribution in [0.15, 0.2) is 0 Å². The Morgan fingerprint density at radius 2 is 2.20 bits per heavy atom. The highest BCUT2D eigenvalue weighted by molar-refractivity contribution is 5.85. The van der Waals surface area contributed by atoms with E-state index < -0.39 is 0 Å². The first kappa shape index (κ1) is 13.1. The fourth-order valence-electron chi connectivity index (χ4n) is 0.771. The van der Waals surface area contributed by atoms with Gasteiger partial charge in [-0.2, -0.15) is 0 Å². The summed E-state index contributed by atoms with van der Waals surface area (Å²) in [6.45, 7) is 3.32. The zero-order valence-corrected chi connectivity index (χ0v) is 7.34. The van der Waals surface area contributed by atoms with Crippen LogP contribution in [0, 0.1) is 0 Å². The molecule has 64 valence electrons. The third-order valence-electron chi connectivity index (χ3n) is 1.27. The van der Waals surface area contributed by atoms with Gasteiger partial charge < -0.3 is 15.8 Å². The van der Waals surface area contributed by atoms with Crippen molar-refractivity contribution in [2.24, 2.45) is 5.73 Å². The third-order valence-corrected chi connectivity index (χ3v) is 1.27. The van der Waals surface area contributed by atoms with Crippen molar-refractivity contribution in [3.8, 4) is 0 Å². The van der Waals surface area contributed by atoms with Gasteiger partial charge in [-0.25, -0.2) is 0 Å². The van der Waals surface area contributed by atoms with Crippen LogP contribution in [0.2, 0.25) is 0 Å². The van der Waals surface area contributed by atoms with Crippen molar-refractivity contribution in [2.75, 3.05) is 26.2 Å². The summed E-state index contributed by atoms with van der Waals surface area (Å²) in [6, 6.07) is 0. The third kappa shape index (κ3) is 4.30. The second-order valence-electron chi connectivity index (χ2n) is 1.93. The van der Waals surface area contributed by atoms with E-state index in [1.54, 1.807) is 0 Å². The number of hydrogen-bond acceptors (Lipinski definition) is 3. The average molecular weight is 189 g/mol. The number of ether oxygens (including phenoxy) is 1. The van der Waals surface area contributed by atoms with Crippen molar-refractivity contribution >= 4 is 24.8 Å². The van der Waals surface area contributed by atoms with Gasteiger partial charge in [0.1, 0.15) is 0 Å². The first-order valence-corrected chi connectivity index (χ1v) is 2.96. The van der Waals surface area contributed by atoms with Gasteiger partial charge in [0.2, 0.25) is 0 Å². The van der Waals surface area contributed by atoms with Crippen LogP contribution in [-0.2, 0) is 4.74 Å². The highest BCUT2D eigenvalue weighted by Crippen LogP contribution is 1.91. The molecule has 3 N–H and O–H groups in total. The monoisotopic (exact) mass is 188 g/mol. The predicted octanol–water partition coefficient (Wildman–Crippen LogP) is -0.223. The lowest BCUT2D eigenvalue weighted by molar-refractivity contribution is 0.0346. The van der Waals surface area contributed by atoms with E-state index in [-0.39, 0.29) is 30.9 Å². The molecule has 0 saturated carbocycles. The molecule has 1 saturated heterocycles. The predicted molar refractivity (Wildman–Crippen MR) is 46.2 cm³/mol. The maximum atomic E-state index is 5.34. The standard InChI is InChI=1S/C5H12N2O.2ClH/c6-3-5-4-7-1-2-8-5;;/h5,7H,1-4,6H2;2*1H/t5-;;/m0../s1. The van der Waals surface area contributed by atoms with Crippen molar-refractivity contribution < 1.29 is 4.74 Å². The van der Waals surface area contributed by atoms with E-state index in [0.717, 1.165) is 19.7 Å². The molecule has 5 heteroatoms. The molecule has 1 atom stereocenters. The number of halogens is 2. The summed E-state index contributed by atoms with van der Waals surface area (Å²) in [5.74, 6) is 0. The lowest BCUT2D eigenvalue weighted by Crippen LogP contribution is -2.42. The van der Waals surface area contributed by atoms with Crippen LogP contribution in [0.25, 0.3) is 0 Å². The average Bonchev–Trinajstić information content (AvgIpc) is 1.90. The van der Waals surface area contributed by atoms with Crippen LogP contribution in [0.3, 0.4) is 0 Å². The van der Waals surface area contributed by atoms with Gasteiger partial charge in [0.15, 0.2) is 0 Å². The van der Waals surface area contributed by atoms with E-state index in [4.69, 9.17) is 10.5 Å². The highest BCUT2D eigenvalue weighted by Gasteiger charge is 2.09. The minimum atomic E-state index is 0. The molecule has 0 aliphatic carbocycles. The van der Waals surface area contributed by atoms with Crippen molar-refractivity contribution in [3.63, 3.8) is 0 Å². The van der Waals surface area contributed by atoms with E-state index in [0.29, 0.717) is 6.54 Å². The molecule has 0 aromatic carbocycles. The van der Waals surface area contributed by atoms with Crippen LogP contribution in [0.4, 0.5) is 0 Å². The van der Waals surface area contributed by atoms with Crippen molar-refractivity contribution in [1.82, 2.24) is 5.32 Å². The van der Waals surface area contributed by atoms with E-state index >= 15 is 0 Å². The first-order chi connectivity index (χ1) is 3.93. The number of nitrogens with one attached hydrogen (secondary N) is 1. The van der Waals surface area contributed by atoms with E-state index in [1.165, 1.54) is 0 Å². The summed E-state index contributed by atoms with van der Waals surface area (Å²) in [7, 11) is 0. The van der Waals surface area contributed by atoms with E-state index in [1.807, 2.05) is 0 Å². The number of morpholine rings is 1. The molecule has 1 fully saturated rings. The lowest BCUT2D eigenvalue weighted by atomic mass is 10.3. The highest BCUT2D eigenvalue weighted by atomic mass is 35.5. The summed E-state index contributed by atoms with van der Waals surface area (Å²) in [4.78, 5) is 0. The zero-order chi connectivity index (χ0) is 5.82. The van der Waals surface area contributed by atoms with Gasteiger partial charge in [0, 0.05) is 19.6 Å². The number of rotatable bonds is 1. The molecule has 1 heterocycles. The Morgan fingerprint density at radius 1 is 1.50 bits per heavy atom. The second-order valence-corrected chi connectivity index (χ2v) is 1.93. The van der Waals surface area contributed by atoms with Crippen LogP contribution >= 0.6 is 24.8 Å². The Bertz CT molecular complexity index is 68.7. The summed E-state index contributed by atoms with van der Waals surface area (Å²) in [6.07, 6.45) is 0.253. The van der Waals surface area contributed by atoms with E-state index in [2.05, 4.69) is 5.32 Å². The van der Waals surface area contributed by atoms with Crippen LogP contribution in [0.5, 0.6) is 0 Å². The van der Waals surface area contributed by atoms with Gasteiger partial charge in [0.05, 0.1) is 12.7 Å². The fraction of sp³-hybridized carbons (Fsp3) is 1.00. The minimum absolute atomic E-state index is 0. The van der Waals surface area contributed by atoms with Crippen molar-refractivity contribution in [3.05, 3.63) is 0 Å². The molecule has 1 rings (SSSR count). The van der Waals surface area contributed by atoms with Crippen molar-refractivity contribution in [2.45, 2.75) is 6.10 Å². The fourth-order valence-corrected chi connectivity index (χ4v) is 0.771. The molecular weight excluding hydrogens is 175 g/mol. The van der Waals surface area contributed by atoms with Crippen LogP contribution in [0.1, 0.15) is 0 Å². The van der Waals surface area contributed by atoms with Crippen LogP contribution in [-0.4, -0.2) is 32.3 Å². The Kier molecular flexibility index (Phi) is 9.90. The molecule has 1 aliphatic rings. The maximum absolute atomic E-state index is 5.34. The molecule has 0 aromatic rings. The van der Waals surface area contributed by atoms with Gasteiger partial charge in [-0.3, -0.25) is 0 Å². The Hall–Kier alpha value is 0.460. The normalized spacial score (nSPS) is 24.3. The lowest BCUT2D eigenvalue weighted by Gasteiger charge is -2.21. The summed E-state index contributed by atoms with van der Waals surface area (Å²) in [5, 5.41) is 3.18. The molecule has 0 radical (unpaired) electrons. The van der Waals surface area contributed by atoms with Crippen molar-refractivity contribution in [1.29, 1.82) is 0 Å². The molecule has 3 nitrogen and oxygen atoms in total. The Morgan fingerprint density at radius 3 is 2.50 bits per heavy atom. The molecule has 0 spiro atoms. The molecule has 1 aliphatic heterocycles. The first-order valence-electron chi connectivity index (χ1n) is 2.96. The summed E-state index contributed by atoms with van der Waals surface area (Å²) < 4.78 is 5.24. The molecule has 0 bridgehead atoms. The summed E-state index contributed by atoms with van der Waals surface area (Å²) in [5.41, 5.74) is 5.34. The largest absolute Gasteiger partial charge is 0.374 e. The number of nitrogens with two attached hydrogens (primary N) is 1. The maximum Gasteiger partial charge on any atom is 0.0822 e. The Balaban J connectivity index is 0. The SMILES string of the molecule is Cl.Cl.NC[C@H]1CNCCO1. The molecular formula is C5H14Cl2N2O. The van der Waals surface area contributed by atoms with Gasteiger partial charge in [-0.15, -0.1) is 24.8 Å². The minimum Gasteiger partial charge on any atom is -0.374 e.